The average Bonchev–Trinajstić information content (AvgIpc) is 2.77. The number of rotatable bonds is 1. The van der Waals surface area contributed by atoms with Crippen LogP contribution in [0.3, 0.4) is 0 Å². The summed E-state index contributed by atoms with van der Waals surface area (Å²) < 4.78 is 7.90. The molecule has 3 heteroatoms. The second kappa shape index (κ2) is 4.46. The molecule has 0 atom stereocenters. The molecule has 1 nitrogen and oxygen atoms in total. The Labute approximate surface area is 121 Å². The zero-order valence-corrected chi connectivity index (χ0v) is 12.5. The molecule has 84 valence electrons. The number of furan rings is 1. The molecule has 0 radical (unpaired) electrons. The average molecular weight is 399 g/mol. The Balaban J connectivity index is 2.31. The van der Waals surface area contributed by atoms with Crippen LogP contribution in [0.1, 0.15) is 0 Å². The van der Waals surface area contributed by atoms with Crippen LogP contribution in [0.15, 0.2) is 57.6 Å². The van der Waals surface area contributed by atoms with E-state index in [1.165, 1.54) is 9.13 Å². The van der Waals surface area contributed by atoms with E-state index < -0.39 is 0 Å². The van der Waals surface area contributed by atoms with Crippen LogP contribution in [0, 0.1) is 3.57 Å². The minimum atomic E-state index is 0.929. The van der Waals surface area contributed by atoms with Crippen LogP contribution in [-0.2, 0) is 0 Å². The van der Waals surface area contributed by atoms with E-state index >= 15 is 0 Å². The van der Waals surface area contributed by atoms with Crippen molar-refractivity contribution in [1.29, 1.82) is 0 Å². The molecule has 1 heterocycles. The van der Waals surface area contributed by atoms with Crippen molar-refractivity contribution in [1.82, 2.24) is 0 Å². The highest BCUT2D eigenvalue weighted by Crippen LogP contribution is 2.35. The first-order valence-electron chi connectivity index (χ1n) is 5.18. The smallest absolute Gasteiger partial charge is 0.134 e. The monoisotopic (exact) mass is 398 g/mol. The normalized spacial score (nSPS) is 10.9. The van der Waals surface area contributed by atoms with Crippen molar-refractivity contribution in [3.63, 3.8) is 0 Å². The third kappa shape index (κ3) is 1.91. The largest absolute Gasteiger partial charge is 0.464 e. The van der Waals surface area contributed by atoms with Crippen LogP contribution in [0.4, 0.5) is 0 Å². The van der Waals surface area contributed by atoms with E-state index in [1.807, 2.05) is 36.6 Å². The fraction of sp³-hybridized carbons (Fsp3) is 0. The minimum absolute atomic E-state index is 0.929. The van der Waals surface area contributed by atoms with Crippen molar-refractivity contribution < 1.29 is 4.42 Å². The zero-order valence-electron chi connectivity index (χ0n) is 8.78. The van der Waals surface area contributed by atoms with Gasteiger partial charge in [-0.1, -0.05) is 30.3 Å². The Kier molecular flexibility index (Phi) is 2.96. The molecular weight excluding hydrogens is 391 g/mol. The summed E-state index contributed by atoms with van der Waals surface area (Å²) in [6.45, 7) is 0. The molecule has 0 N–H and O–H groups in total. The molecule has 0 bridgehead atoms. The SMILES string of the molecule is Brc1cccc(-c2coc3ccccc23)c1I. The highest BCUT2D eigenvalue weighted by Gasteiger charge is 2.11. The maximum atomic E-state index is 5.58. The zero-order chi connectivity index (χ0) is 11.8. The fourth-order valence-electron chi connectivity index (χ4n) is 1.90. The molecule has 0 saturated heterocycles. The summed E-state index contributed by atoms with van der Waals surface area (Å²) in [7, 11) is 0. The lowest BCUT2D eigenvalue weighted by Gasteiger charge is -2.04. The first kappa shape index (κ1) is 11.3. The molecule has 3 aromatic rings. The van der Waals surface area contributed by atoms with Gasteiger partial charge in [0.05, 0.1) is 6.26 Å². The Morgan fingerprint density at radius 3 is 2.65 bits per heavy atom. The number of halogens is 2. The number of fused-ring (bicyclic) bond motifs is 1. The number of hydrogen-bond acceptors (Lipinski definition) is 1. The van der Waals surface area contributed by atoms with Crippen LogP contribution < -0.4 is 0 Å². The summed E-state index contributed by atoms with van der Waals surface area (Å²) in [6, 6.07) is 14.3. The second-order valence-electron chi connectivity index (χ2n) is 3.75. The van der Waals surface area contributed by atoms with E-state index in [0.29, 0.717) is 0 Å². The quantitative estimate of drug-likeness (QED) is 0.495. The molecule has 3 rings (SSSR count). The van der Waals surface area contributed by atoms with Crippen molar-refractivity contribution in [2.45, 2.75) is 0 Å². The number of hydrogen-bond donors (Lipinski definition) is 0. The van der Waals surface area contributed by atoms with E-state index in [2.05, 4.69) is 50.7 Å². The lowest BCUT2D eigenvalue weighted by atomic mass is 10.1. The van der Waals surface area contributed by atoms with Crippen LogP contribution in [0.25, 0.3) is 22.1 Å². The highest BCUT2D eigenvalue weighted by atomic mass is 127. The molecule has 0 saturated carbocycles. The maximum absolute atomic E-state index is 5.58. The predicted molar refractivity (Wildman–Crippen MR) is 82.1 cm³/mol. The molecular formula is C14H8BrIO. The first-order chi connectivity index (χ1) is 8.27. The van der Waals surface area contributed by atoms with Gasteiger partial charge in [-0.15, -0.1) is 0 Å². The van der Waals surface area contributed by atoms with Crippen LogP contribution in [0.2, 0.25) is 0 Å². The van der Waals surface area contributed by atoms with Gasteiger partial charge in [0.2, 0.25) is 0 Å². The topological polar surface area (TPSA) is 13.1 Å². The third-order valence-electron chi connectivity index (χ3n) is 2.72. The molecule has 1 aromatic heterocycles. The molecule has 0 unspecified atom stereocenters. The van der Waals surface area contributed by atoms with E-state index in [0.717, 1.165) is 21.0 Å². The molecule has 0 fully saturated rings. The van der Waals surface area contributed by atoms with Crippen molar-refractivity contribution >= 4 is 49.5 Å². The Morgan fingerprint density at radius 2 is 1.76 bits per heavy atom. The summed E-state index contributed by atoms with van der Waals surface area (Å²) in [5, 5.41) is 1.16. The van der Waals surface area contributed by atoms with Crippen molar-refractivity contribution in [2.24, 2.45) is 0 Å². The molecule has 2 aromatic carbocycles. The van der Waals surface area contributed by atoms with Gasteiger partial charge in [0.1, 0.15) is 5.58 Å². The first-order valence-corrected chi connectivity index (χ1v) is 7.05. The number of para-hydroxylation sites is 1. The summed E-state index contributed by atoms with van der Waals surface area (Å²) >= 11 is 5.91. The van der Waals surface area contributed by atoms with Crippen LogP contribution in [0.5, 0.6) is 0 Å². The number of benzene rings is 2. The summed E-state index contributed by atoms with van der Waals surface area (Å²) in [5.74, 6) is 0. The summed E-state index contributed by atoms with van der Waals surface area (Å²) in [6.07, 6.45) is 1.83. The molecule has 0 aliphatic rings. The van der Waals surface area contributed by atoms with E-state index in [9.17, 15) is 0 Å². The van der Waals surface area contributed by atoms with Gasteiger partial charge in [0.15, 0.2) is 0 Å². The predicted octanol–water partition coefficient (Wildman–Crippen LogP) is 5.47. The highest BCUT2D eigenvalue weighted by molar-refractivity contribution is 14.1. The van der Waals surface area contributed by atoms with Gasteiger partial charge in [-0.3, -0.25) is 0 Å². The lowest BCUT2D eigenvalue weighted by molar-refractivity contribution is 0.617. The van der Waals surface area contributed by atoms with Gasteiger partial charge in [-0.05, 0) is 56.2 Å². The van der Waals surface area contributed by atoms with Gasteiger partial charge < -0.3 is 4.42 Å². The molecule has 0 aliphatic carbocycles. The van der Waals surface area contributed by atoms with Gasteiger partial charge >= 0.3 is 0 Å². The van der Waals surface area contributed by atoms with Crippen molar-refractivity contribution in [3.8, 4) is 11.1 Å². The van der Waals surface area contributed by atoms with Gasteiger partial charge in [0.25, 0.3) is 0 Å². The molecule has 0 amide bonds. The minimum Gasteiger partial charge on any atom is -0.464 e. The van der Waals surface area contributed by atoms with Gasteiger partial charge in [0, 0.05) is 19.0 Å². The Bertz CT molecular complexity index is 688. The van der Waals surface area contributed by atoms with E-state index in [1.54, 1.807) is 0 Å². The summed E-state index contributed by atoms with van der Waals surface area (Å²) in [4.78, 5) is 0. The molecule has 0 spiro atoms. The van der Waals surface area contributed by atoms with Gasteiger partial charge in [-0.2, -0.15) is 0 Å². The van der Waals surface area contributed by atoms with Crippen LogP contribution >= 0.6 is 38.5 Å². The lowest BCUT2D eigenvalue weighted by Crippen LogP contribution is -1.82. The maximum Gasteiger partial charge on any atom is 0.134 e. The van der Waals surface area contributed by atoms with Crippen molar-refractivity contribution in [3.05, 3.63) is 56.8 Å². The van der Waals surface area contributed by atoms with Gasteiger partial charge in [-0.25, -0.2) is 0 Å². The standard InChI is InChI=1S/C14H8BrIO/c15-12-6-3-5-10(14(12)16)11-8-17-13-7-2-1-4-9(11)13/h1-8H. The van der Waals surface area contributed by atoms with E-state index in [-0.39, 0.29) is 0 Å². The third-order valence-corrected chi connectivity index (χ3v) is 5.29. The summed E-state index contributed by atoms with van der Waals surface area (Å²) in [5.41, 5.74) is 3.27. The second-order valence-corrected chi connectivity index (χ2v) is 5.68. The Hall–Kier alpha value is -0.810. The van der Waals surface area contributed by atoms with E-state index in [4.69, 9.17) is 4.42 Å². The van der Waals surface area contributed by atoms with Crippen molar-refractivity contribution in [2.75, 3.05) is 0 Å². The Morgan fingerprint density at radius 1 is 0.941 bits per heavy atom. The fourth-order valence-corrected chi connectivity index (χ4v) is 2.91. The molecule has 17 heavy (non-hydrogen) atoms. The van der Waals surface area contributed by atoms with Crippen LogP contribution in [-0.4, -0.2) is 0 Å². The molecule has 0 aliphatic heterocycles.